The first-order chi connectivity index (χ1) is 11.2. The molecule has 1 N–H and O–H groups in total. The van der Waals surface area contributed by atoms with Gasteiger partial charge in [0.1, 0.15) is 17.4 Å². The van der Waals surface area contributed by atoms with E-state index >= 15 is 0 Å². The molecule has 2 heterocycles. The van der Waals surface area contributed by atoms with Gasteiger partial charge in [0.15, 0.2) is 0 Å². The zero-order valence-electron chi connectivity index (χ0n) is 12.3. The number of aromatic nitrogens is 2. The lowest BCUT2D eigenvalue weighted by atomic mass is 10.2. The first kappa shape index (κ1) is 14.7. The van der Waals surface area contributed by atoms with Crippen molar-refractivity contribution in [3.63, 3.8) is 0 Å². The van der Waals surface area contributed by atoms with Gasteiger partial charge in [-0.3, -0.25) is 10.1 Å². The summed E-state index contributed by atoms with van der Waals surface area (Å²) in [4.78, 5) is 14.2. The highest BCUT2D eigenvalue weighted by Gasteiger charge is 2.28. The summed E-state index contributed by atoms with van der Waals surface area (Å²) >= 11 is 7.51. The van der Waals surface area contributed by atoms with E-state index < -0.39 is 0 Å². The Balaban J connectivity index is 1.43. The number of nitrogens with zero attached hydrogens (tertiary/aromatic N) is 3. The third kappa shape index (κ3) is 3.25. The smallest absolute Gasteiger partial charge is 0.245 e. The SMILES string of the molecule is O=C(CN1CCOc2ccc(Cl)cc21)Nc1nnc(C2CC2)s1. The van der Waals surface area contributed by atoms with Crippen LogP contribution < -0.4 is 15.0 Å². The molecule has 4 rings (SSSR count). The molecular weight excluding hydrogens is 336 g/mol. The number of rotatable bonds is 4. The summed E-state index contributed by atoms with van der Waals surface area (Å²) in [5.41, 5.74) is 0.842. The van der Waals surface area contributed by atoms with Crippen LogP contribution in [0.25, 0.3) is 0 Å². The quantitative estimate of drug-likeness (QED) is 0.918. The molecule has 1 fully saturated rings. The maximum Gasteiger partial charge on any atom is 0.245 e. The third-order valence-electron chi connectivity index (χ3n) is 3.83. The van der Waals surface area contributed by atoms with E-state index in [0.29, 0.717) is 29.2 Å². The van der Waals surface area contributed by atoms with Crippen LogP contribution in [0.4, 0.5) is 10.8 Å². The zero-order valence-corrected chi connectivity index (χ0v) is 13.9. The predicted octanol–water partition coefficient (Wildman–Crippen LogP) is 2.91. The molecule has 0 unspecified atom stereocenters. The van der Waals surface area contributed by atoms with Gasteiger partial charge < -0.3 is 9.64 Å². The van der Waals surface area contributed by atoms with Crippen molar-refractivity contribution in [2.45, 2.75) is 18.8 Å². The van der Waals surface area contributed by atoms with Gasteiger partial charge in [0.25, 0.3) is 0 Å². The molecule has 1 saturated carbocycles. The molecular formula is C15H15ClN4O2S. The maximum absolute atomic E-state index is 12.3. The number of anilines is 2. The summed E-state index contributed by atoms with van der Waals surface area (Å²) < 4.78 is 5.59. The van der Waals surface area contributed by atoms with Gasteiger partial charge in [-0.2, -0.15) is 0 Å². The molecule has 0 bridgehead atoms. The van der Waals surface area contributed by atoms with Gasteiger partial charge in [0.05, 0.1) is 18.8 Å². The summed E-state index contributed by atoms with van der Waals surface area (Å²) in [6, 6.07) is 5.43. The minimum Gasteiger partial charge on any atom is -0.490 e. The standard InChI is InChI=1S/C15H15ClN4O2S/c16-10-3-4-12-11(7-10)20(5-6-22-12)8-13(21)17-15-19-18-14(23-15)9-1-2-9/h3-4,7,9H,1-2,5-6,8H2,(H,17,19,21). The van der Waals surface area contributed by atoms with Crippen molar-refractivity contribution in [1.82, 2.24) is 10.2 Å². The normalized spacial score (nSPS) is 16.7. The van der Waals surface area contributed by atoms with Crippen LogP contribution in [0.2, 0.25) is 5.02 Å². The van der Waals surface area contributed by atoms with Crippen molar-refractivity contribution >= 4 is 39.7 Å². The Hall–Kier alpha value is -1.86. The average Bonchev–Trinajstić information content (AvgIpc) is 3.28. The highest BCUT2D eigenvalue weighted by molar-refractivity contribution is 7.15. The molecule has 1 aliphatic carbocycles. The lowest BCUT2D eigenvalue weighted by Crippen LogP contribution is -2.38. The predicted molar refractivity (Wildman–Crippen MR) is 89.7 cm³/mol. The van der Waals surface area contributed by atoms with Crippen molar-refractivity contribution in [1.29, 1.82) is 0 Å². The monoisotopic (exact) mass is 350 g/mol. The molecule has 23 heavy (non-hydrogen) atoms. The molecule has 1 amide bonds. The summed E-state index contributed by atoms with van der Waals surface area (Å²) in [6.45, 7) is 1.42. The van der Waals surface area contributed by atoms with Gasteiger partial charge in [-0.1, -0.05) is 22.9 Å². The maximum atomic E-state index is 12.3. The molecule has 0 atom stereocenters. The van der Waals surface area contributed by atoms with Crippen LogP contribution >= 0.6 is 22.9 Å². The van der Waals surface area contributed by atoms with Crippen molar-refractivity contribution in [3.8, 4) is 5.75 Å². The largest absolute Gasteiger partial charge is 0.490 e. The number of amides is 1. The molecule has 120 valence electrons. The molecule has 1 aromatic carbocycles. The number of benzene rings is 1. The van der Waals surface area contributed by atoms with Gasteiger partial charge in [0, 0.05) is 10.9 Å². The van der Waals surface area contributed by atoms with E-state index in [1.165, 1.54) is 24.2 Å². The van der Waals surface area contributed by atoms with E-state index in [2.05, 4.69) is 15.5 Å². The van der Waals surface area contributed by atoms with E-state index in [4.69, 9.17) is 16.3 Å². The van der Waals surface area contributed by atoms with Crippen molar-refractivity contribution < 1.29 is 9.53 Å². The Morgan fingerprint density at radius 3 is 3.13 bits per heavy atom. The number of hydrogen-bond donors (Lipinski definition) is 1. The van der Waals surface area contributed by atoms with E-state index in [0.717, 1.165) is 16.4 Å². The molecule has 6 nitrogen and oxygen atoms in total. The van der Waals surface area contributed by atoms with Crippen LogP contribution in [0.3, 0.4) is 0 Å². The van der Waals surface area contributed by atoms with Crippen molar-refractivity contribution in [2.75, 3.05) is 29.9 Å². The zero-order chi connectivity index (χ0) is 15.8. The number of halogens is 1. The fraction of sp³-hybridized carbons (Fsp3) is 0.400. The minimum absolute atomic E-state index is 0.115. The second-order valence-corrected chi connectivity index (χ2v) is 7.10. The number of carbonyl (C=O) groups is 1. The Kier molecular flexibility index (Phi) is 3.82. The van der Waals surface area contributed by atoms with Gasteiger partial charge >= 0.3 is 0 Å². The van der Waals surface area contributed by atoms with Crippen molar-refractivity contribution in [3.05, 3.63) is 28.2 Å². The highest BCUT2D eigenvalue weighted by Crippen LogP contribution is 2.42. The number of fused-ring (bicyclic) bond motifs is 1. The van der Waals surface area contributed by atoms with E-state index in [9.17, 15) is 4.79 Å². The first-order valence-corrected chi connectivity index (χ1v) is 8.69. The van der Waals surface area contributed by atoms with Gasteiger partial charge in [-0.15, -0.1) is 10.2 Å². The first-order valence-electron chi connectivity index (χ1n) is 7.49. The Labute approximate surface area is 142 Å². The average molecular weight is 351 g/mol. The number of ether oxygens (including phenoxy) is 1. The summed E-state index contributed by atoms with van der Waals surface area (Å²) in [7, 11) is 0. The number of carbonyl (C=O) groups excluding carboxylic acids is 1. The number of nitrogens with one attached hydrogen (secondary N) is 1. The van der Waals surface area contributed by atoms with Gasteiger partial charge in [-0.05, 0) is 31.0 Å². The van der Waals surface area contributed by atoms with Crippen LogP contribution in [0, 0.1) is 0 Å². The van der Waals surface area contributed by atoms with Crippen LogP contribution in [0.15, 0.2) is 18.2 Å². The molecule has 1 aliphatic heterocycles. The van der Waals surface area contributed by atoms with E-state index in [1.807, 2.05) is 17.0 Å². The van der Waals surface area contributed by atoms with Crippen LogP contribution in [0.1, 0.15) is 23.8 Å². The lowest BCUT2D eigenvalue weighted by molar-refractivity contribution is -0.115. The lowest BCUT2D eigenvalue weighted by Gasteiger charge is -2.30. The number of hydrogen-bond acceptors (Lipinski definition) is 6. The Bertz CT molecular complexity index is 747. The molecule has 8 heteroatoms. The van der Waals surface area contributed by atoms with Crippen LogP contribution in [0.5, 0.6) is 5.75 Å². The van der Waals surface area contributed by atoms with Gasteiger partial charge in [0.2, 0.25) is 11.0 Å². The molecule has 0 radical (unpaired) electrons. The minimum atomic E-state index is -0.115. The highest BCUT2D eigenvalue weighted by atomic mass is 35.5. The molecule has 0 saturated heterocycles. The molecule has 0 spiro atoms. The van der Waals surface area contributed by atoms with Crippen molar-refractivity contribution in [2.24, 2.45) is 0 Å². The van der Waals surface area contributed by atoms with Gasteiger partial charge in [-0.25, -0.2) is 0 Å². The van der Waals surface area contributed by atoms with E-state index in [-0.39, 0.29) is 12.5 Å². The summed E-state index contributed by atoms with van der Waals surface area (Å²) in [6.07, 6.45) is 2.35. The topological polar surface area (TPSA) is 67.3 Å². The second-order valence-electron chi connectivity index (χ2n) is 5.65. The summed E-state index contributed by atoms with van der Waals surface area (Å²) in [5, 5.41) is 13.2. The molecule has 2 aliphatic rings. The molecule has 2 aromatic rings. The van der Waals surface area contributed by atoms with Crippen LogP contribution in [-0.4, -0.2) is 35.8 Å². The Morgan fingerprint density at radius 1 is 1.43 bits per heavy atom. The second kappa shape index (κ2) is 5.98. The Morgan fingerprint density at radius 2 is 2.30 bits per heavy atom. The fourth-order valence-electron chi connectivity index (χ4n) is 2.52. The summed E-state index contributed by atoms with van der Waals surface area (Å²) in [5.74, 6) is 1.18. The third-order valence-corrected chi connectivity index (χ3v) is 5.06. The van der Waals surface area contributed by atoms with E-state index in [1.54, 1.807) is 6.07 Å². The van der Waals surface area contributed by atoms with Crippen LogP contribution in [-0.2, 0) is 4.79 Å². The fourth-order valence-corrected chi connectivity index (χ4v) is 3.62. The molecule has 1 aromatic heterocycles.